The number of H-pyrrole nitrogens is 1. The average molecular weight is 280 g/mol. The fraction of sp³-hybridized carbons (Fsp3) is 0.583. The van der Waals surface area contributed by atoms with Crippen molar-refractivity contribution >= 4 is 23.4 Å². The van der Waals surface area contributed by atoms with Gasteiger partial charge in [0.1, 0.15) is 17.4 Å². The second kappa shape index (κ2) is 5.36. The van der Waals surface area contributed by atoms with Gasteiger partial charge in [-0.2, -0.15) is 0 Å². The minimum absolute atomic E-state index is 0.0663. The van der Waals surface area contributed by atoms with E-state index in [0.717, 1.165) is 24.9 Å². The molecule has 1 N–H and O–H groups in total. The van der Waals surface area contributed by atoms with Crippen LogP contribution in [0.1, 0.15) is 32.4 Å². The molecule has 0 spiro atoms. The van der Waals surface area contributed by atoms with E-state index >= 15 is 0 Å². The monoisotopic (exact) mass is 280 g/mol. The third-order valence-corrected chi connectivity index (χ3v) is 3.54. The summed E-state index contributed by atoms with van der Waals surface area (Å²) in [5.41, 5.74) is 1.56. The summed E-state index contributed by atoms with van der Waals surface area (Å²) in [4.78, 5) is 11.4. The number of nitrogens with zero attached hydrogens (tertiary/aromatic N) is 3. The molecule has 0 aliphatic carbocycles. The van der Waals surface area contributed by atoms with Crippen molar-refractivity contribution < 1.29 is 9.47 Å². The van der Waals surface area contributed by atoms with Crippen molar-refractivity contribution in [3.05, 3.63) is 17.3 Å². The van der Waals surface area contributed by atoms with Crippen LogP contribution >= 0.6 is 12.2 Å². The molecular formula is C12H16N4O2S. The van der Waals surface area contributed by atoms with E-state index in [9.17, 15) is 0 Å². The van der Waals surface area contributed by atoms with E-state index in [0.29, 0.717) is 16.8 Å². The first-order valence-electron chi connectivity index (χ1n) is 6.47. The van der Waals surface area contributed by atoms with E-state index in [2.05, 4.69) is 15.0 Å². The van der Waals surface area contributed by atoms with Crippen LogP contribution in [0.4, 0.5) is 0 Å². The summed E-state index contributed by atoms with van der Waals surface area (Å²) in [6.45, 7) is 2.64. The van der Waals surface area contributed by atoms with Gasteiger partial charge in [0.05, 0.1) is 12.7 Å². The largest absolute Gasteiger partial charge is 0.353 e. The molecule has 0 saturated carbocycles. The van der Waals surface area contributed by atoms with E-state index in [1.807, 2.05) is 11.5 Å². The zero-order valence-electron chi connectivity index (χ0n) is 10.7. The van der Waals surface area contributed by atoms with Crippen molar-refractivity contribution in [1.29, 1.82) is 0 Å². The molecular weight excluding hydrogens is 264 g/mol. The van der Waals surface area contributed by atoms with Gasteiger partial charge < -0.3 is 14.5 Å². The molecule has 19 heavy (non-hydrogen) atoms. The van der Waals surface area contributed by atoms with Crippen molar-refractivity contribution in [1.82, 2.24) is 19.5 Å². The first kappa shape index (κ1) is 12.7. The molecule has 1 aliphatic heterocycles. The maximum Gasteiger partial charge on any atom is 0.160 e. The van der Waals surface area contributed by atoms with Crippen LogP contribution < -0.4 is 0 Å². The Morgan fingerprint density at radius 2 is 2.42 bits per heavy atom. The molecule has 102 valence electrons. The molecule has 1 aliphatic rings. The van der Waals surface area contributed by atoms with Crippen molar-refractivity contribution in [2.45, 2.75) is 38.7 Å². The number of hydrogen-bond donors (Lipinski definition) is 1. The average Bonchev–Trinajstić information content (AvgIpc) is 2.85. The van der Waals surface area contributed by atoms with Crippen LogP contribution in [0, 0.1) is 4.64 Å². The summed E-state index contributed by atoms with van der Waals surface area (Å²) in [6.07, 6.45) is 6.09. The number of nitrogens with one attached hydrogen (secondary N) is 1. The number of imidazole rings is 1. The Morgan fingerprint density at radius 3 is 3.26 bits per heavy atom. The standard InChI is InChI=1S/C12H16N4O2S/c1-2-17-9-5-3-4-8(18-9)16-7-15-10-11(16)13-6-14-12(10)19/h6-9H,2-5H2,1H3,(H,13,14,19)/t8-,9-/m1/s1. The van der Waals surface area contributed by atoms with Gasteiger partial charge in [-0.05, 0) is 26.2 Å². The first-order chi connectivity index (χ1) is 9.29. The third-order valence-electron chi connectivity index (χ3n) is 3.24. The summed E-state index contributed by atoms with van der Waals surface area (Å²) < 4.78 is 14.0. The minimum atomic E-state index is -0.133. The van der Waals surface area contributed by atoms with Gasteiger partial charge in [-0.1, -0.05) is 12.2 Å². The smallest absolute Gasteiger partial charge is 0.160 e. The van der Waals surface area contributed by atoms with Crippen LogP contribution in [0.5, 0.6) is 0 Å². The number of aromatic amines is 1. The highest BCUT2D eigenvalue weighted by molar-refractivity contribution is 7.71. The lowest BCUT2D eigenvalue weighted by Gasteiger charge is -2.30. The van der Waals surface area contributed by atoms with Gasteiger partial charge in [0.2, 0.25) is 0 Å². The van der Waals surface area contributed by atoms with E-state index in [1.165, 1.54) is 0 Å². The lowest BCUT2D eigenvalue weighted by molar-refractivity contribution is -0.211. The van der Waals surface area contributed by atoms with E-state index in [4.69, 9.17) is 21.7 Å². The van der Waals surface area contributed by atoms with Crippen molar-refractivity contribution in [3.8, 4) is 0 Å². The molecule has 3 rings (SSSR count). The fourth-order valence-corrected chi connectivity index (χ4v) is 2.58. The van der Waals surface area contributed by atoms with Crippen LogP contribution in [0.2, 0.25) is 0 Å². The molecule has 0 aromatic carbocycles. The van der Waals surface area contributed by atoms with E-state index in [-0.39, 0.29) is 12.5 Å². The molecule has 2 aromatic rings. The summed E-state index contributed by atoms with van der Waals surface area (Å²) in [7, 11) is 0. The maximum absolute atomic E-state index is 5.95. The molecule has 0 bridgehead atoms. The van der Waals surface area contributed by atoms with Gasteiger partial charge in [-0.15, -0.1) is 0 Å². The van der Waals surface area contributed by atoms with Crippen molar-refractivity contribution in [2.24, 2.45) is 0 Å². The highest BCUT2D eigenvalue weighted by Gasteiger charge is 2.25. The summed E-state index contributed by atoms with van der Waals surface area (Å²) >= 11 is 5.16. The maximum atomic E-state index is 5.95. The molecule has 0 amide bonds. The minimum Gasteiger partial charge on any atom is -0.353 e. The Labute approximate surface area is 115 Å². The quantitative estimate of drug-likeness (QED) is 0.875. The SMILES string of the molecule is CCO[C@H]1CCC[C@H](n2cnc3c(=S)nc[nH]c32)O1. The van der Waals surface area contributed by atoms with Crippen LogP contribution in [0.3, 0.4) is 0 Å². The Hall–Kier alpha value is -1.31. The zero-order chi connectivity index (χ0) is 13.2. The molecule has 7 heteroatoms. The first-order valence-corrected chi connectivity index (χ1v) is 6.87. The van der Waals surface area contributed by atoms with Gasteiger partial charge >= 0.3 is 0 Å². The van der Waals surface area contributed by atoms with Crippen LogP contribution in [0.15, 0.2) is 12.7 Å². The van der Waals surface area contributed by atoms with Crippen LogP contribution in [0.25, 0.3) is 11.2 Å². The van der Waals surface area contributed by atoms with Gasteiger partial charge in [0.25, 0.3) is 0 Å². The fourth-order valence-electron chi connectivity index (χ4n) is 2.38. The van der Waals surface area contributed by atoms with Crippen LogP contribution in [-0.4, -0.2) is 32.4 Å². The lowest BCUT2D eigenvalue weighted by atomic mass is 10.1. The molecule has 1 fully saturated rings. The predicted octanol–water partition coefficient (Wildman–Crippen LogP) is 2.55. The number of fused-ring (bicyclic) bond motifs is 1. The molecule has 1 saturated heterocycles. The number of hydrogen-bond acceptors (Lipinski definition) is 5. The normalized spacial score (nSPS) is 23.8. The van der Waals surface area contributed by atoms with Crippen molar-refractivity contribution in [3.63, 3.8) is 0 Å². The van der Waals surface area contributed by atoms with Gasteiger partial charge in [0, 0.05) is 6.61 Å². The molecule has 0 unspecified atom stereocenters. The second-order valence-electron chi connectivity index (χ2n) is 4.46. The zero-order valence-corrected chi connectivity index (χ0v) is 11.5. The predicted molar refractivity (Wildman–Crippen MR) is 72.1 cm³/mol. The number of rotatable bonds is 3. The molecule has 0 radical (unpaired) electrons. The lowest BCUT2D eigenvalue weighted by Crippen LogP contribution is -2.28. The summed E-state index contributed by atoms with van der Waals surface area (Å²) in [6, 6.07) is 0. The van der Waals surface area contributed by atoms with E-state index in [1.54, 1.807) is 12.7 Å². The van der Waals surface area contributed by atoms with Gasteiger partial charge in [-0.3, -0.25) is 4.57 Å². The Balaban J connectivity index is 1.91. The Morgan fingerprint density at radius 1 is 1.53 bits per heavy atom. The molecule has 6 nitrogen and oxygen atoms in total. The molecule has 3 heterocycles. The van der Waals surface area contributed by atoms with Gasteiger partial charge in [-0.25, -0.2) is 9.97 Å². The van der Waals surface area contributed by atoms with E-state index < -0.39 is 0 Å². The Bertz CT molecular complexity index is 621. The highest BCUT2D eigenvalue weighted by Crippen LogP contribution is 2.29. The molecule has 2 aromatic heterocycles. The number of ether oxygens (including phenoxy) is 2. The highest BCUT2D eigenvalue weighted by atomic mass is 32.1. The summed E-state index contributed by atoms with van der Waals surface area (Å²) in [5, 5.41) is 0. The number of aromatic nitrogens is 4. The molecule has 2 atom stereocenters. The van der Waals surface area contributed by atoms with Crippen molar-refractivity contribution in [2.75, 3.05) is 6.61 Å². The Kier molecular flexibility index (Phi) is 3.58. The topological polar surface area (TPSA) is 65.0 Å². The third kappa shape index (κ3) is 2.41. The second-order valence-corrected chi connectivity index (χ2v) is 4.85. The summed E-state index contributed by atoms with van der Waals surface area (Å²) in [5.74, 6) is 0. The van der Waals surface area contributed by atoms with Crippen LogP contribution in [-0.2, 0) is 9.47 Å². The van der Waals surface area contributed by atoms with Gasteiger partial charge in [0.15, 0.2) is 10.9 Å².